The molecule has 0 spiro atoms. The van der Waals surface area contributed by atoms with Gasteiger partial charge in [-0.2, -0.15) is 0 Å². The number of nitrogens with one attached hydrogen (secondary N) is 1. The van der Waals surface area contributed by atoms with Crippen LogP contribution < -0.4 is 4.90 Å². The second-order valence-electron chi connectivity index (χ2n) is 7.46. The first-order valence-corrected chi connectivity index (χ1v) is 9.56. The Balaban J connectivity index is 1.58. The number of hydrogen-bond donors (Lipinski definition) is 1. The van der Waals surface area contributed by atoms with Crippen molar-refractivity contribution in [1.29, 1.82) is 0 Å². The van der Waals surface area contributed by atoms with Crippen LogP contribution in [0.2, 0.25) is 0 Å². The normalized spacial score (nSPS) is 23.6. The summed E-state index contributed by atoms with van der Waals surface area (Å²) < 4.78 is 0. The molecule has 3 aromatic rings. The Bertz CT molecular complexity index is 868. The standard InChI is InChI=1S/C21H24N4/c1-2-7-15(8-3-1)18-13-17-20(24-18)22-14-23-21(17)25-12-6-10-16-9-4-5-11-19(16)25/h1-3,7-8,13-14,16,19H,4-6,9-12H2,(H,22,23,24). The van der Waals surface area contributed by atoms with Gasteiger partial charge in [-0.15, -0.1) is 0 Å². The number of nitrogens with zero attached hydrogens (tertiary/aromatic N) is 3. The highest BCUT2D eigenvalue weighted by Gasteiger charge is 2.34. The number of fused-ring (bicyclic) bond motifs is 2. The molecule has 3 heterocycles. The largest absolute Gasteiger partial charge is 0.353 e. The molecule has 2 fully saturated rings. The zero-order valence-corrected chi connectivity index (χ0v) is 14.5. The van der Waals surface area contributed by atoms with E-state index in [0.717, 1.165) is 35.0 Å². The molecule has 1 aliphatic carbocycles. The van der Waals surface area contributed by atoms with Gasteiger partial charge in [-0.1, -0.05) is 43.2 Å². The van der Waals surface area contributed by atoms with Crippen molar-refractivity contribution in [2.45, 2.75) is 44.6 Å². The molecule has 4 heteroatoms. The van der Waals surface area contributed by atoms with Gasteiger partial charge >= 0.3 is 0 Å². The Kier molecular flexibility index (Phi) is 3.69. The van der Waals surface area contributed by atoms with E-state index in [2.05, 4.69) is 45.2 Å². The minimum Gasteiger partial charge on any atom is -0.353 e. The Hall–Kier alpha value is -2.36. The van der Waals surface area contributed by atoms with E-state index in [1.54, 1.807) is 6.33 Å². The van der Waals surface area contributed by atoms with Gasteiger partial charge in [0.2, 0.25) is 0 Å². The first kappa shape index (κ1) is 14.9. The van der Waals surface area contributed by atoms with Crippen LogP contribution in [-0.2, 0) is 0 Å². The molecule has 0 radical (unpaired) electrons. The highest BCUT2D eigenvalue weighted by atomic mass is 15.2. The van der Waals surface area contributed by atoms with Crippen LogP contribution in [0.5, 0.6) is 0 Å². The van der Waals surface area contributed by atoms with Gasteiger partial charge in [0.15, 0.2) is 0 Å². The summed E-state index contributed by atoms with van der Waals surface area (Å²) >= 11 is 0. The summed E-state index contributed by atoms with van der Waals surface area (Å²) in [7, 11) is 0. The number of H-pyrrole nitrogens is 1. The van der Waals surface area contributed by atoms with Crippen LogP contribution in [0.15, 0.2) is 42.7 Å². The average Bonchev–Trinajstić information content (AvgIpc) is 3.13. The van der Waals surface area contributed by atoms with Gasteiger partial charge in [-0.05, 0) is 43.2 Å². The van der Waals surface area contributed by atoms with Crippen molar-refractivity contribution in [1.82, 2.24) is 15.0 Å². The fourth-order valence-corrected chi connectivity index (χ4v) is 4.82. The molecule has 1 saturated heterocycles. The molecule has 1 saturated carbocycles. The fourth-order valence-electron chi connectivity index (χ4n) is 4.82. The SMILES string of the molecule is c1ccc(-c2cc3c(N4CCCC5CCCCC54)ncnc3[nH]2)cc1. The second-order valence-corrected chi connectivity index (χ2v) is 7.46. The van der Waals surface area contributed by atoms with Crippen LogP contribution in [0.1, 0.15) is 38.5 Å². The molecular formula is C21H24N4. The van der Waals surface area contributed by atoms with Crippen molar-refractivity contribution in [2.75, 3.05) is 11.4 Å². The highest BCUT2D eigenvalue weighted by Crippen LogP contribution is 2.39. The minimum atomic E-state index is 0.663. The lowest BCUT2D eigenvalue weighted by Gasteiger charge is -2.44. The fraction of sp³-hybridized carbons (Fsp3) is 0.429. The summed E-state index contributed by atoms with van der Waals surface area (Å²) in [5, 5.41) is 1.16. The van der Waals surface area contributed by atoms with Crippen LogP contribution in [0, 0.1) is 5.92 Å². The third kappa shape index (κ3) is 2.60. The highest BCUT2D eigenvalue weighted by molar-refractivity contribution is 5.92. The van der Waals surface area contributed by atoms with Crippen molar-refractivity contribution in [3.05, 3.63) is 42.7 Å². The third-order valence-corrected chi connectivity index (χ3v) is 6.00. The van der Waals surface area contributed by atoms with Crippen molar-refractivity contribution >= 4 is 16.9 Å². The van der Waals surface area contributed by atoms with E-state index in [1.165, 1.54) is 44.1 Å². The van der Waals surface area contributed by atoms with E-state index in [9.17, 15) is 0 Å². The molecule has 4 nitrogen and oxygen atoms in total. The van der Waals surface area contributed by atoms with E-state index in [1.807, 2.05) is 6.07 Å². The van der Waals surface area contributed by atoms with Gasteiger partial charge in [0.05, 0.1) is 5.39 Å². The predicted molar refractivity (Wildman–Crippen MR) is 102 cm³/mol. The maximum Gasteiger partial charge on any atom is 0.143 e. The molecule has 1 N–H and O–H groups in total. The number of benzene rings is 1. The van der Waals surface area contributed by atoms with Crippen LogP contribution in [0.4, 0.5) is 5.82 Å². The van der Waals surface area contributed by atoms with E-state index in [4.69, 9.17) is 4.98 Å². The molecule has 2 unspecified atom stereocenters. The molecule has 0 bridgehead atoms. The summed E-state index contributed by atoms with van der Waals surface area (Å²) in [6.45, 7) is 1.12. The first-order chi connectivity index (χ1) is 12.4. The Labute approximate surface area is 148 Å². The van der Waals surface area contributed by atoms with Crippen LogP contribution in [0.3, 0.4) is 0 Å². The van der Waals surface area contributed by atoms with Crippen molar-refractivity contribution in [3.8, 4) is 11.3 Å². The number of rotatable bonds is 2. The lowest BCUT2D eigenvalue weighted by molar-refractivity contribution is 0.243. The van der Waals surface area contributed by atoms with Crippen molar-refractivity contribution in [2.24, 2.45) is 5.92 Å². The van der Waals surface area contributed by atoms with Gasteiger partial charge in [0.1, 0.15) is 17.8 Å². The topological polar surface area (TPSA) is 44.8 Å². The van der Waals surface area contributed by atoms with Crippen molar-refractivity contribution in [3.63, 3.8) is 0 Å². The lowest BCUT2D eigenvalue weighted by atomic mass is 9.78. The molecule has 1 aromatic carbocycles. The summed E-state index contributed by atoms with van der Waals surface area (Å²) in [5.74, 6) is 1.97. The van der Waals surface area contributed by atoms with Gasteiger partial charge < -0.3 is 9.88 Å². The van der Waals surface area contributed by atoms with Gasteiger partial charge in [-0.3, -0.25) is 0 Å². The average molecular weight is 332 g/mol. The molecule has 5 rings (SSSR count). The number of hydrogen-bond acceptors (Lipinski definition) is 3. The Morgan fingerprint density at radius 3 is 2.72 bits per heavy atom. The van der Waals surface area contributed by atoms with E-state index in [-0.39, 0.29) is 0 Å². The van der Waals surface area contributed by atoms with Gasteiger partial charge in [0, 0.05) is 18.3 Å². The van der Waals surface area contributed by atoms with Gasteiger partial charge in [0.25, 0.3) is 0 Å². The molecule has 2 aromatic heterocycles. The smallest absolute Gasteiger partial charge is 0.143 e. The predicted octanol–water partition coefficient (Wildman–Crippen LogP) is 4.78. The lowest BCUT2D eigenvalue weighted by Crippen LogP contribution is -2.47. The first-order valence-electron chi connectivity index (χ1n) is 9.56. The van der Waals surface area contributed by atoms with Crippen molar-refractivity contribution < 1.29 is 0 Å². The maximum absolute atomic E-state index is 4.72. The van der Waals surface area contributed by atoms with Crippen LogP contribution >= 0.6 is 0 Å². The zero-order valence-electron chi connectivity index (χ0n) is 14.5. The number of aromatic nitrogens is 3. The molecule has 25 heavy (non-hydrogen) atoms. The zero-order chi connectivity index (χ0) is 16.6. The molecule has 0 amide bonds. The number of anilines is 1. The quantitative estimate of drug-likeness (QED) is 0.734. The summed E-state index contributed by atoms with van der Waals surface area (Å²) in [6.07, 6.45) is 9.84. The maximum atomic E-state index is 4.72. The summed E-state index contributed by atoms with van der Waals surface area (Å²) in [6, 6.07) is 13.4. The minimum absolute atomic E-state index is 0.663. The molecule has 128 valence electrons. The van der Waals surface area contributed by atoms with Crippen LogP contribution in [-0.4, -0.2) is 27.5 Å². The number of piperidine rings is 1. The molecular weight excluding hydrogens is 308 g/mol. The summed E-state index contributed by atoms with van der Waals surface area (Å²) in [4.78, 5) is 15.3. The Morgan fingerprint density at radius 1 is 0.960 bits per heavy atom. The second kappa shape index (κ2) is 6.17. The number of aromatic amines is 1. The summed E-state index contributed by atoms with van der Waals surface area (Å²) in [5.41, 5.74) is 3.26. The molecule has 1 aliphatic heterocycles. The molecule has 2 atom stereocenters. The molecule has 2 aliphatic rings. The monoisotopic (exact) mass is 332 g/mol. The van der Waals surface area contributed by atoms with E-state index < -0.39 is 0 Å². The third-order valence-electron chi connectivity index (χ3n) is 6.00. The van der Waals surface area contributed by atoms with Gasteiger partial charge in [-0.25, -0.2) is 9.97 Å². The van der Waals surface area contributed by atoms with E-state index >= 15 is 0 Å². The van der Waals surface area contributed by atoms with Crippen LogP contribution in [0.25, 0.3) is 22.3 Å². The van der Waals surface area contributed by atoms with E-state index in [0.29, 0.717) is 6.04 Å². The Morgan fingerprint density at radius 2 is 1.80 bits per heavy atom.